The zero-order valence-corrected chi connectivity index (χ0v) is 11.5. The summed E-state index contributed by atoms with van der Waals surface area (Å²) >= 11 is 1.77. The first kappa shape index (κ1) is 11.9. The van der Waals surface area contributed by atoms with Crippen LogP contribution in [0.4, 0.5) is 0 Å². The normalized spacial score (nSPS) is 15.2. The van der Waals surface area contributed by atoms with Crippen LogP contribution in [0.2, 0.25) is 0 Å². The van der Waals surface area contributed by atoms with Crippen molar-refractivity contribution >= 4 is 11.3 Å². The van der Waals surface area contributed by atoms with Gasteiger partial charge in [0.25, 0.3) is 0 Å². The molecule has 0 aliphatic heterocycles. The van der Waals surface area contributed by atoms with Crippen LogP contribution < -0.4 is 5.32 Å². The van der Waals surface area contributed by atoms with Crippen LogP contribution in [0.3, 0.4) is 0 Å². The molecule has 1 aliphatic carbocycles. The van der Waals surface area contributed by atoms with Crippen LogP contribution in [0.25, 0.3) is 0 Å². The molecule has 2 aromatic rings. The molecule has 18 heavy (non-hydrogen) atoms. The van der Waals surface area contributed by atoms with Gasteiger partial charge in [0.15, 0.2) is 0 Å². The SMILES string of the molecule is CCc1nc(Cn2cccc2CNC2CC2)cs1. The number of hydrogen-bond donors (Lipinski definition) is 1. The summed E-state index contributed by atoms with van der Waals surface area (Å²) < 4.78 is 2.30. The maximum Gasteiger partial charge on any atom is 0.0926 e. The lowest BCUT2D eigenvalue weighted by Crippen LogP contribution is -2.18. The largest absolute Gasteiger partial charge is 0.344 e. The van der Waals surface area contributed by atoms with Gasteiger partial charge in [0.05, 0.1) is 17.2 Å². The molecular formula is C14H19N3S. The van der Waals surface area contributed by atoms with Gasteiger partial charge >= 0.3 is 0 Å². The van der Waals surface area contributed by atoms with E-state index in [-0.39, 0.29) is 0 Å². The van der Waals surface area contributed by atoms with E-state index >= 15 is 0 Å². The number of thiazole rings is 1. The molecule has 0 unspecified atom stereocenters. The maximum absolute atomic E-state index is 4.63. The molecule has 3 nitrogen and oxygen atoms in total. The van der Waals surface area contributed by atoms with Gasteiger partial charge in [-0.1, -0.05) is 6.92 Å². The molecule has 1 saturated carbocycles. The molecule has 1 fully saturated rings. The van der Waals surface area contributed by atoms with Crippen molar-refractivity contribution in [3.8, 4) is 0 Å². The van der Waals surface area contributed by atoms with E-state index in [0.717, 1.165) is 25.6 Å². The van der Waals surface area contributed by atoms with Gasteiger partial charge in [-0.05, 0) is 31.4 Å². The van der Waals surface area contributed by atoms with Crippen LogP contribution in [0.15, 0.2) is 23.7 Å². The van der Waals surface area contributed by atoms with Crippen LogP contribution in [-0.4, -0.2) is 15.6 Å². The highest BCUT2D eigenvalue weighted by Gasteiger charge is 2.20. The van der Waals surface area contributed by atoms with Crippen molar-refractivity contribution in [2.45, 2.75) is 45.3 Å². The van der Waals surface area contributed by atoms with Crippen molar-refractivity contribution in [3.63, 3.8) is 0 Å². The van der Waals surface area contributed by atoms with Crippen LogP contribution in [0.1, 0.15) is 36.2 Å². The molecule has 0 spiro atoms. The zero-order chi connectivity index (χ0) is 12.4. The molecule has 0 amide bonds. The van der Waals surface area contributed by atoms with Gasteiger partial charge in [-0.25, -0.2) is 4.98 Å². The molecule has 0 radical (unpaired) electrons. The van der Waals surface area contributed by atoms with E-state index in [1.807, 2.05) is 0 Å². The molecule has 0 saturated heterocycles. The lowest BCUT2D eigenvalue weighted by Gasteiger charge is -2.08. The highest BCUT2D eigenvalue weighted by molar-refractivity contribution is 7.09. The highest BCUT2D eigenvalue weighted by Crippen LogP contribution is 2.19. The molecule has 0 aromatic carbocycles. The molecule has 96 valence electrons. The third-order valence-electron chi connectivity index (χ3n) is 3.31. The molecule has 0 bridgehead atoms. The first-order valence-corrected chi connectivity index (χ1v) is 7.54. The van der Waals surface area contributed by atoms with E-state index in [0.29, 0.717) is 0 Å². The van der Waals surface area contributed by atoms with Crippen LogP contribution >= 0.6 is 11.3 Å². The van der Waals surface area contributed by atoms with E-state index in [9.17, 15) is 0 Å². The van der Waals surface area contributed by atoms with E-state index < -0.39 is 0 Å². The smallest absolute Gasteiger partial charge is 0.0926 e. The second-order valence-corrected chi connectivity index (χ2v) is 5.81. The number of aryl methyl sites for hydroxylation is 1. The van der Waals surface area contributed by atoms with Gasteiger partial charge in [-0.15, -0.1) is 11.3 Å². The Hall–Kier alpha value is -1.13. The van der Waals surface area contributed by atoms with Gasteiger partial charge < -0.3 is 9.88 Å². The van der Waals surface area contributed by atoms with Gasteiger partial charge in [0.1, 0.15) is 0 Å². The van der Waals surface area contributed by atoms with Gasteiger partial charge in [-0.3, -0.25) is 0 Å². The summed E-state index contributed by atoms with van der Waals surface area (Å²) in [7, 11) is 0. The zero-order valence-electron chi connectivity index (χ0n) is 10.7. The lowest BCUT2D eigenvalue weighted by molar-refractivity contribution is 0.631. The highest BCUT2D eigenvalue weighted by atomic mass is 32.1. The molecule has 2 heterocycles. The van der Waals surface area contributed by atoms with Crippen molar-refractivity contribution in [3.05, 3.63) is 40.1 Å². The Morgan fingerprint density at radius 2 is 2.39 bits per heavy atom. The van der Waals surface area contributed by atoms with Crippen molar-refractivity contribution in [2.24, 2.45) is 0 Å². The van der Waals surface area contributed by atoms with E-state index in [2.05, 4.69) is 45.5 Å². The van der Waals surface area contributed by atoms with E-state index in [1.165, 1.54) is 29.2 Å². The fourth-order valence-corrected chi connectivity index (χ4v) is 2.79. The average Bonchev–Trinajstić information content (AvgIpc) is 2.93. The molecule has 1 aliphatic rings. The molecular weight excluding hydrogens is 242 g/mol. The maximum atomic E-state index is 4.63. The quantitative estimate of drug-likeness (QED) is 0.866. The Bertz CT molecular complexity index is 511. The average molecular weight is 261 g/mol. The number of aromatic nitrogens is 2. The van der Waals surface area contributed by atoms with Gasteiger partial charge in [0.2, 0.25) is 0 Å². The fraction of sp³-hybridized carbons (Fsp3) is 0.500. The van der Waals surface area contributed by atoms with Gasteiger partial charge in [0, 0.05) is 29.9 Å². The Balaban J connectivity index is 1.65. The van der Waals surface area contributed by atoms with Crippen LogP contribution in [-0.2, 0) is 19.5 Å². The van der Waals surface area contributed by atoms with E-state index in [4.69, 9.17) is 0 Å². The molecule has 1 N–H and O–H groups in total. The summed E-state index contributed by atoms with van der Waals surface area (Å²) in [6.45, 7) is 4.02. The summed E-state index contributed by atoms with van der Waals surface area (Å²) in [6.07, 6.45) is 5.86. The Morgan fingerprint density at radius 3 is 3.11 bits per heavy atom. The number of hydrogen-bond acceptors (Lipinski definition) is 3. The second-order valence-electron chi connectivity index (χ2n) is 4.87. The first-order valence-electron chi connectivity index (χ1n) is 6.66. The van der Waals surface area contributed by atoms with Crippen molar-refractivity contribution in [1.82, 2.24) is 14.9 Å². The topological polar surface area (TPSA) is 29.9 Å². The molecule has 2 aromatic heterocycles. The van der Waals surface area contributed by atoms with Gasteiger partial charge in [-0.2, -0.15) is 0 Å². The van der Waals surface area contributed by atoms with Crippen molar-refractivity contribution in [2.75, 3.05) is 0 Å². The minimum Gasteiger partial charge on any atom is -0.344 e. The lowest BCUT2D eigenvalue weighted by atomic mass is 10.4. The van der Waals surface area contributed by atoms with Crippen molar-refractivity contribution < 1.29 is 0 Å². The summed E-state index contributed by atoms with van der Waals surface area (Å²) in [6, 6.07) is 5.08. The third kappa shape index (κ3) is 2.82. The van der Waals surface area contributed by atoms with Crippen LogP contribution in [0.5, 0.6) is 0 Å². The molecule has 4 heteroatoms. The summed E-state index contributed by atoms with van der Waals surface area (Å²) in [4.78, 5) is 4.63. The summed E-state index contributed by atoms with van der Waals surface area (Å²) in [5, 5.41) is 6.97. The Kier molecular flexibility index (Phi) is 3.48. The summed E-state index contributed by atoms with van der Waals surface area (Å²) in [5.74, 6) is 0. The third-order valence-corrected chi connectivity index (χ3v) is 4.35. The predicted octanol–water partition coefficient (Wildman–Crippen LogP) is 2.81. The molecule has 0 atom stereocenters. The number of nitrogens with one attached hydrogen (secondary N) is 1. The molecule has 3 rings (SSSR count). The summed E-state index contributed by atoms with van der Waals surface area (Å²) in [5.41, 5.74) is 2.54. The fourth-order valence-electron chi connectivity index (χ4n) is 2.06. The monoisotopic (exact) mass is 261 g/mol. The first-order chi connectivity index (χ1) is 8.85. The Labute approximate surface area is 112 Å². The standard InChI is InChI=1S/C14H19N3S/c1-2-14-16-12(10-18-14)9-17-7-3-4-13(17)8-15-11-5-6-11/h3-4,7,10-11,15H,2,5-6,8-9H2,1H3. The minimum absolute atomic E-state index is 0.763. The van der Waals surface area contributed by atoms with E-state index in [1.54, 1.807) is 11.3 Å². The number of rotatable bonds is 6. The predicted molar refractivity (Wildman–Crippen MR) is 74.9 cm³/mol. The van der Waals surface area contributed by atoms with Crippen molar-refractivity contribution in [1.29, 1.82) is 0 Å². The minimum atomic E-state index is 0.763. The second kappa shape index (κ2) is 5.24. The Morgan fingerprint density at radius 1 is 1.50 bits per heavy atom. The van der Waals surface area contributed by atoms with Crippen LogP contribution in [0, 0.1) is 0 Å². The number of nitrogens with zero attached hydrogens (tertiary/aromatic N) is 2.